The molecule has 0 fully saturated rings. The predicted molar refractivity (Wildman–Crippen MR) is 70.4 cm³/mol. The van der Waals surface area contributed by atoms with Crippen LogP contribution in [-0.2, 0) is 0 Å². The third kappa shape index (κ3) is 2.85. The third-order valence-corrected chi connectivity index (χ3v) is 2.30. The SMILES string of the molecule is COc1ccnc(Nc2ccc(N(C)C)nc2)n1. The zero-order valence-corrected chi connectivity index (χ0v) is 10.6. The van der Waals surface area contributed by atoms with E-state index in [0.29, 0.717) is 11.8 Å². The van der Waals surface area contributed by atoms with Gasteiger partial charge in [-0.05, 0) is 12.1 Å². The van der Waals surface area contributed by atoms with Crippen LogP contribution in [0.4, 0.5) is 17.5 Å². The van der Waals surface area contributed by atoms with E-state index in [1.165, 1.54) is 0 Å². The van der Waals surface area contributed by atoms with E-state index < -0.39 is 0 Å². The monoisotopic (exact) mass is 245 g/mol. The van der Waals surface area contributed by atoms with Gasteiger partial charge < -0.3 is 15.0 Å². The molecule has 0 aliphatic rings. The number of methoxy groups -OCH3 is 1. The summed E-state index contributed by atoms with van der Waals surface area (Å²) in [7, 11) is 5.46. The Kier molecular flexibility index (Phi) is 3.57. The highest BCUT2D eigenvalue weighted by molar-refractivity contribution is 5.54. The van der Waals surface area contributed by atoms with E-state index in [0.717, 1.165) is 11.5 Å². The summed E-state index contributed by atoms with van der Waals surface area (Å²) in [4.78, 5) is 14.5. The van der Waals surface area contributed by atoms with Crippen LogP contribution >= 0.6 is 0 Å². The molecule has 0 spiro atoms. The van der Waals surface area contributed by atoms with Crippen LogP contribution < -0.4 is 15.0 Å². The largest absolute Gasteiger partial charge is 0.481 e. The first-order chi connectivity index (χ1) is 8.69. The average Bonchev–Trinajstić information content (AvgIpc) is 2.39. The minimum absolute atomic E-state index is 0.480. The first-order valence-corrected chi connectivity index (χ1v) is 5.46. The number of nitrogens with one attached hydrogen (secondary N) is 1. The minimum atomic E-state index is 0.480. The fraction of sp³-hybridized carbons (Fsp3) is 0.250. The van der Waals surface area contributed by atoms with E-state index in [9.17, 15) is 0 Å². The molecule has 0 unspecified atom stereocenters. The minimum Gasteiger partial charge on any atom is -0.481 e. The van der Waals surface area contributed by atoms with Gasteiger partial charge >= 0.3 is 0 Å². The number of aromatic nitrogens is 3. The maximum Gasteiger partial charge on any atom is 0.230 e. The second-order valence-electron chi connectivity index (χ2n) is 3.85. The maximum atomic E-state index is 5.03. The van der Waals surface area contributed by atoms with E-state index in [1.807, 2.05) is 31.1 Å². The van der Waals surface area contributed by atoms with Crippen molar-refractivity contribution in [1.29, 1.82) is 0 Å². The predicted octanol–water partition coefficient (Wildman–Crippen LogP) is 1.69. The van der Waals surface area contributed by atoms with Crippen LogP contribution in [0.3, 0.4) is 0 Å². The van der Waals surface area contributed by atoms with Crippen molar-refractivity contribution in [2.75, 3.05) is 31.4 Å². The quantitative estimate of drug-likeness (QED) is 0.884. The molecule has 0 aromatic carbocycles. The molecule has 2 heterocycles. The Morgan fingerprint density at radius 2 is 2.00 bits per heavy atom. The smallest absolute Gasteiger partial charge is 0.230 e. The van der Waals surface area contributed by atoms with Gasteiger partial charge in [0.25, 0.3) is 0 Å². The lowest BCUT2D eigenvalue weighted by molar-refractivity contribution is 0.397. The summed E-state index contributed by atoms with van der Waals surface area (Å²) in [6.07, 6.45) is 3.37. The Balaban J connectivity index is 2.13. The number of anilines is 3. The lowest BCUT2D eigenvalue weighted by Crippen LogP contribution is -2.10. The topological polar surface area (TPSA) is 63.2 Å². The Labute approximate surface area is 106 Å². The van der Waals surface area contributed by atoms with E-state index >= 15 is 0 Å². The highest BCUT2D eigenvalue weighted by atomic mass is 16.5. The van der Waals surface area contributed by atoms with Crippen LogP contribution in [0.2, 0.25) is 0 Å². The maximum absolute atomic E-state index is 5.03. The van der Waals surface area contributed by atoms with Crippen molar-refractivity contribution in [1.82, 2.24) is 15.0 Å². The molecule has 2 aromatic heterocycles. The molecular formula is C12H15N5O. The van der Waals surface area contributed by atoms with Gasteiger partial charge in [-0.15, -0.1) is 0 Å². The summed E-state index contributed by atoms with van der Waals surface area (Å²) in [5.74, 6) is 1.89. The van der Waals surface area contributed by atoms with E-state index in [1.54, 1.807) is 25.6 Å². The fourth-order valence-corrected chi connectivity index (χ4v) is 1.37. The summed E-state index contributed by atoms with van der Waals surface area (Å²) in [5.41, 5.74) is 0.828. The number of rotatable bonds is 4. The van der Waals surface area contributed by atoms with Gasteiger partial charge in [-0.1, -0.05) is 0 Å². The highest BCUT2D eigenvalue weighted by Crippen LogP contribution is 2.16. The normalized spacial score (nSPS) is 9.94. The van der Waals surface area contributed by atoms with Crippen molar-refractivity contribution >= 4 is 17.5 Å². The van der Waals surface area contributed by atoms with Crippen molar-refractivity contribution < 1.29 is 4.74 Å². The molecule has 0 atom stereocenters. The summed E-state index contributed by atoms with van der Waals surface area (Å²) in [6, 6.07) is 5.53. The second kappa shape index (κ2) is 5.31. The Morgan fingerprint density at radius 1 is 1.17 bits per heavy atom. The molecule has 0 aliphatic heterocycles. The van der Waals surface area contributed by atoms with Gasteiger partial charge in [-0.2, -0.15) is 4.98 Å². The van der Waals surface area contributed by atoms with Crippen molar-refractivity contribution in [2.45, 2.75) is 0 Å². The van der Waals surface area contributed by atoms with Crippen molar-refractivity contribution in [3.63, 3.8) is 0 Å². The standard InChI is InChI=1S/C12H15N5O/c1-17(2)10-5-4-9(8-14-10)15-12-13-7-6-11(16-12)18-3/h4-8H,1-3H3,(H,13,15,16). The molecule has 0 bridgehead atoms. The van der Waals surface area contributed by atoms with Gasteiger partial charge in [-0.3, -0.25) is 0 Å². The zero-order chi connectivity index (χ0) is 13.0. The van der Waals surface area contributed by atoms with Crippen LogP contribution in [0.5, 0.6) is 5.88 Å². The Morgan fingerprint density at radius 3 is 2.61 bits per heavy atom. The summed E-state index contributed by atoms with van der Waals surface area (Å²) < 4.78 is 5.03. The van der Waals surface area contributed by atoms with Crippen LogP contribution in [0.1, 0.15) is 0 Å². The summed E-state index contributed by atoms with van der Waals surface area (Å²) >= 11 is 0. The van der Waals surface area contributed by atoms with Gasteiger partial charge in [0.05, 0.1) is 19.0 Å². The second-order valence-corrected chi connectivity index (χ2v) is 3.85. The lowest BCUT2D eigenvalue weighted by atomic mass is 10.4. The first-order valence-electron chi connectivity index (χ1n) is 5.46. The highest BCUT2D eigenvalue weighted by Gasteiger charge is 2.01. The first kappa shape index (κ1) is 12.1. The van der Waals surface area contributed by atoms with Crippen molar-refractivity contribution in [3.05, 3.63) is 30.6 Å². The number of hydrogen-bond donors (Lipinski definition) is 1. The molecule has 94 valence electrons. The van der Waals surface area contributed by atoms with E-state index in [4.69, 9.17) is 4.74 Å². The molecule has 6 heteroatoms. The van der Waals surface area contributed by atoms with Crippen LogP contribution in [0.25, 0.3) is 0 Å². The number of ether oxygens (including phenoxy) is 1. The molecule has 0 radical (unpaired) electrons. The van der Waals surface area contributed by atoms with Gasteiger partial charge in [0.2, 0.25) is 11.8 Å². The third-order valence-electron chi connectivity index (χ3n) is 2.30. The molecule has 0 saturated heterocycles. The van der Waals surface area contributed by atoms with Gasteiger partial charge in [-0.25, -0.2) is 9.97 Å². The lowest BCUT2D eigenvalue weighted by Gasteiger charge is -2.11. The fourth-order valence-electron chi connectivity index (χ4n) is 1.37. The van der Waals surface area contributed by atoms with Crippen molar-refractivity contribution in [3.8, 4) is 5.88 Å². The average molecular weight is 245 g/mol. The number of pyridine rings is 1. The van der Waals surface area contributed by atoms with Crippen molar-refractivity contribution in [2.24, 2.45) is 0 Å². The molecular weight excluding hydrogens is 230 g/mol. The van der Waals surface area contributed by atoms with Gasteiger partial charge in [0.15, 0.2) is 0 Å². The van der Waals surface area contributed by atoms with E-state index in [2.05, 4.69) is 20.3 Å². The molecule has 18 heavy (non-hydrogen) atoms. The van der Waals surface area contributed by atoms with Gasteiger partial charge in [0, 0.05) is 26.4 Å². The molecule has 1 N–H and O–H groups in total. The Bertz CT molecular complexity index is 512. The summed E-state index contributed by atoms with van der Waals surface area (Å²) in [6.45, 7) is 0. The van der Waals surface area contributed by atoms with Gasteiger partial charge in [0.1, 0.15) is 5.82 Å². The number of nitrogens with zero attached hydrogens (tertiary/aromatic N) is 4. The molecule has 6 nitrogen and oxygen atoms in total. The molecule has 0 aliphatic carbocycles. The zero-order valence-electron chi connectivity index (χ0n) is 10.6. The summed E-state index contributed by atoms with van der Waals surface area (Å²) in [5, 5.41) is 3.06. The molecule has 0 amide bonds. The molecule has 0 saturated carbocycles. The molecule has 2 rings (SSSR count). The van der Waals surface area contributed by atoms with Crippen LogP contribution in [-0.4, -0.2) is 36.2 Å². The number of hydrogen-bond acceptors (Lipinski definition) is 6. The molecule has 2 aromatic rings. The van der Waals surface area contributed by atoms with E-state index in [-0.39, 0.29) is 0 Å². The van der Waals surface area contributed by atoms with Crippen LogP contribution in [0, 0.1) is 0 Å². The van der Waals surface area contributed by atoms with Crippen LogP contribution in [0.15, 0.2) is 30.6 Å². The Hall–Kier alpha value is -2.37.